The number of hydrogen-bond acceptors (Lipinski definition) is 6. The Morgan fingerprint density at radius 3 is 2.33 bits per heavy atom. The number of nitrogens with one attached hydrogen (secondary N) is 1. The van der Waals surface area contributed by atoms with Gasteiger partial charge in [-0.15, -0.1) is 5.10 Å². The summed E-state index contributed by atoms with van der Waals surface area (Å²) in [6.45, 7) is 6.97. The first-order valence-corrected chi connectivity index (χ1v) is 12.4. The maximum Gasteiger partial charge on any atom is 0.306 e. The number of tetrazole rings is 1. The van der Waals surface area contributed by atoms with E-state index in [1.165, 1.54) is 0 Å². The van der Waals surface area contributed by atoms with Crippen molar-refractivity contribution in [2.45, 2.75) is 64.3 Å². The minimum absolute atomic E-state index is 0.165. The van der Waals surface area contributed by atoms with Crippen LogP contribution in [0.1, 0.15) is 69.6 Å². The molecule has 5 rings (SSSR count). The van der Waals surface area contributed by atoms with E-state index in [0.717, 1.165) is 46.7 Å². The lowest BCUT2D eigenvalue weighted by Gasteiger charge is -2.25. The van der Waals surface area contributed by atoms with Gasteiger partial charge in [-0.05, 0) is 52.8 Å². The van der Waals surface area contributed by atoms with Crippen LogP contribution in [0, 0.1) is 5.92 Å². The molecule has 0 atom stereocenters. The fourth-order valence-corrected chi connectivity index (χ4v) is 4.87. The van der Waals surface area contributed by atoms with Gasteiger partial charge in [0.05, 0.1) is 12.5 Å². The van der Waals surface area contributed by atoms with Gasteiger partial charge in [0, 0.05) is 16.9 Å². The highest BCUT2D eigenvalue weighted by Crippen LogP contribution is 2.36. The maximum atomic E-state index is 11.4. The fourth-order valence-electron chi connectivity index (χ4n) is 4.87. The number of aromatic nitrogens is 7. The van der Waals surface area contributed by atoms with Gasteiger partial charge in [0.1, 0.15) is 5.82 Å². The van der Waals surface area contributed by atoms with Crippen LogP contribution in [0.25, 0.3) is 22.5 Å². The standard InChI is InChI=1S/C27H31N7O2/c1-27(2,3)26-28-24(19-12-14-20(15-13-19)25(35)36)34(31-26)16-17-8-10-18(11-9-17)21-6-4-5-7-22(21)23-29-32-33-30-23/h4-11,19-20H,12-16H2,1-3H3,(H,35,36)(H,29,30,32,33). The lowest BCUT2D eigenvalue weighted by atomic mass is 9.81. The Balaban J connectivity index is 1.40. The van der Waals surface area contributed by atoms with Crippen molar-refractivity contribution in [3.8, 4) is 22.5 Å². The van der Waals surface area contributed by atoms with Crippen LogP contribution in [0.2, 0.25) is 0 Å². The van der Waals surface area contributed by atoms with Crippen molar-refractivity contribution >= 4 is 5.97 Å². The van der Waals surface area contributed by atoms with Crippen molar-refractivity contribution in [1.82, 2.24) is 35.4 Å². The molecule has 2 aromatic carbocycles. The molecule has 36 heavy (non-hydrogen) atoms. The summed E-state index contributed by atoms with van der Waals surface area (Å²) in [6, 6.07) is 16.5. The highest BCUT2D eigenvalue weighted by atomic mass is 16.4. The van der Waals surface area contributed by atoms with Gasteiger partial charge < -0.3 is 5.11 Å². The van der Waals surface area contributed by atoms with E-state index in [1.807, 2.05) is 22.9 Å². The summed E-state index contributed by atoms with van der Waals surface area (Å²) in [7, 11) is 0. The molecule has 0 amide bonds. The Bertz CT molecular complexity index is 1330. The normalized spacial score (nSPS) is 18.3. The first kappa shape index (κ1) is 23.8. The second-order valence-electron chi connectivity index (χ2n) is 10.6. The van der Waals surface area contributed by atoms with E-state index in [1.54, 1.807) is 0 Å². The molecule has 0 saturated heterocycles. The van der Waals surface area contributed by atoms with Gasteiger partial charge in [-0.25, -0.2) is 14.8 Å². The predicted octanol–water partition coefficient (Wildman–Crippen LogP) is 4.83. The minimum atomic E-state index is -0.688. The van der Waals surface area contributed by atoms with E-state index in [0.29, 0.717) is 25.2 Å². The van der Waals surface area contributed by atoms with Gasteiger partial charge in [-0.3, -0.25) is 4.79 Å². The van der Waals surface area contributed by atoms with Crippen LogP contribution >= 0.6 is 0 Å². The molecule has 1 aliphatic rings. The van der Waals surface area contributed by atoms with Gasteiger partial charge in [0.15, 0.2) is 11.6 Å². The van der Waals surface area contributed by atoms with Crippen LogP contribution in [0.5, 0.6) is 0 Å². The van der Waals surface area contributed by atoms with Crippen molar-refractivity contribution in [3.63, 3.8) is 0 Å². The summed E-state index contributed by atoms with van der Waals surface area (Å²) in [5.41, 5.74) is 4.03. The van der Waals surface area contributed by atoms with Crippen molar-refractivity contribution in [2.24, 2.45) is 5.92 Å². The Hall–Kier alpha value is -3.88. The lowest BCUT2D eigenvalue weighted by molar-refractivity contribution is -0.142. The van der Waals surface area contributed by atoms with Gasteiger partial charge in [0.2, 0.25) is 0 Å². The van der Waals surface area contributed by atoms with Crippen molar-refractivity contribution in [1.29, 1.82) is 0 Å². The average molecular weight is 486 g/mol. The molecule has 0 radical (unpaired) electrons. The quantitative estimate of drug-likeness (QED) is 0.401. The number of aliphatic carboxylic acids is 1. The summed E-state index contributed by atoms with van der Waals surface area (Å²) < 4.78 is 2.02. The third-order valence-electron chi connectivity index (χ3n) is 6.94. The average Bonchev–Trinajstić information content (AvgIpc) is 3.55. The molecule has 1 fully saturated rings. The number of benzene rings is 2. The molecule has 2 heterocycles. The number of H-pyrrole nitrogens is 1. The zero-order valence-electron chi connectivity index (χ0n) is 20.8. The molecular weight excluding hydrogens is 454 g/mol. The largest absolute Gasteiger partial charge is 0.481 e. The monoisotopic (exact) mass is 485 g/mol. The van der Waals surface area contributed by atoms with E-state index in [9.17, 15) is 9.90 Å². The lowest BCUT2D eigenvalue weighted by Crippen LogP contribution is -2.22. The maximum absolute atomic E-state index is 11.4. The molecule has 0 bridgehead atoms. The molecule has 9 nitrogen and oxygen atoms in total. The molecule has 0 unspecified atom stereocenters. The first-order valence-electron chi connectivity index (χ1n) is 12.4. The zero-order valence-corrected chi connectivity index (χ0v) is 20.8. The van der Waals surface area contributed by atoms with Crippen LogP contribution in [-0.2, 0) is 16.8 Å². The second-order valence-corrected chi connectivity index (χ2v) is 10.6. The summed E-state index contributed by atoms with van der Waals surface area (Å²) in [5.74, 6) is 1.72. The fraction of sp³-hybridized carbons (Fsp3) is 0.407. The topological polar surface area (TPSA) is 122 Å². The number of carbonyl (C=O) groups is 1. The molecule has 0 aliphatic heterocycles. The third kappa shape index (κ3) is 4.91. The van der Waals surface area contributed by atoms with Gasteiger partial charge in [0.25, 0.3) is 0 Å². The molecule has 1 aliphatic carbocycles. The minimum Gasteiger partial charge on any atom is -0.481 e. The Morgan fingerprint density at radius 1 is 1.03 bits per heavy atom. The summed E-state index contributed by atoms with van der Waals surface area (Å²) in [4.78, 5) is 16.4. The number of aromatic amines is 1. The smallest absolute Gasteiger partial charge is 0.306 e. The zero-order chi connectivity index (χ0) is 25.3. The Morgan fingerprint density at radius 2 is 1.72 bits per heavy atom. The number of carboxylic acids is 1. The van der Waals surface area contributed by atoms with Crippen LogP contribution in [-0.4, -0.2) is 46.5 Å². The molecule has 9 heteroatoms. The van der Waals surface area contributed by atoms with E-state index >= 15 is 0 Å². The Labute approximate surface area is 210 Å². The van der Waals surface area contributed by atoms with Gasteiger partial charge in [-0.1, -0.05) is 69.3 Å². The molecule has 186 valence electrons. The number of carboxylic acid groups (broad SMARTS) is 1. The molecule has 0 spiro atoms. The van der Waals surface area contributed by atoms with Crippen LogP contribution in [0.4, 0.5) is 0 Å². The van der Waals surface area contributed by atoms with Crippen molar-refractivity contribution < 1.29 is 9.90 Å². The molecule has 1 saturated carbocycles. The van der Waals surface area contributed by atoms with Crippen molar-refractivity contribution in [3.05, 3.63) is 65.7 Å². The van der Waals surface area contributed by atoms with E-state index in [2.05, 4.69) is 71.7 Å². The predicted molar refractivity (Wildman–Crippen MR) is 135 cm³/mol. The highest BCUT2D eigenvalue weighted by molar-refractivity contribution is 5.80. The van der Waals surface area contributed by atoms with Gasteiger partial charge >= 0.3 is 5.97 Å². The number of hydrogen-bond donors (Lipinski definition) is 2. The second kappa shape index (κ2) is 9.64. The summed E-state index contributed by atoms with van der Waals surface area (Å²) in [5, 5.41) is 28.6. The molecule has 2 N–H and O–H groups in total. The van der Waals surface area contributed by atoms with Crippen LogP contribution in [0.15, 0.2) is 48.5 Å². The van der Waals surface area contributed by atoms with Crippen LogP contribution < -0.4 is 0 Å². The SMILES string of the molecule is CC(C)(C)c1nc(C2CCC(C(=O)O)CC2)n(Cc2ccc(-c3ccccc3-c3nnn[nH]3)cc2)n1. The first-order chi connectivity index (χ1) is 17.3. The van der Waals surface area contributed by atoms with E-state index in [4.69, 9.17) is 10.1 Å². The molecular formula is C27H31N7O2. The van der Waals surface area contributed by atoms with Crippen LogP contribution in [0.3, 0.4) is 0 Å². The van der Waals surface area contributed by atoms with E-state index in [-0.39, 0.29) is 17.3 Å². The summed E-state index contributed by atoms with van der Waals surface area (Å²) in [6.07, 6.45) is 3.02. The van der Waals surface area contributed by atoms with E-state index < -0.39 is 5.97 Å². The number of rotatable bonds is 6. The van der Waals surface area contributed by atoms with Crippen molar-refractivity contribution in [2.75, 3.05) is 0 Å². The Kier molecular flexibility index (Phi) is 6.38. The number of nitrogens with zero attached hydrogens (tertiary/aromatic N) is 6. The highest BCUT2D eigenvalue weighted by Gasteiger charge is 2.31. The van der Waals surface area contributed by atoms with Gasteiger partial charge in [-0.2, -0.15) is 5.10 Å². The summed E-state index contributed by atoms with van der Waals surface area (Å²) >= 11 is 0. The third-order valence-corrected chi connectivity index (χ3v) is 6.94. The molecule has 2 aromatic heterocycles. The molecule has 4 aromatic rings.